The number of methoxy groups -OCH3 is 1. The largest absolute Gasteiger partial charge is 0.494 e. The van der Waals surface area contributed by atoms with Crippen molar-refractivity contribution in [1.29, 1.82) is 0 Å². The molecule has 1 aliphatic rings. The molecule has 0 heterocycles. The number of aryl methyl sites for hydroxylation is 1. The molecular formula is C24H29F3N2O4. The SMILES string of the molecule is COc1c(NC(=O)N[C@@H]2Cc3c(C)cccc3[C@@H]2O)cc(C(C)(C)C)cc1[C@@H](O)C(F)(F)F. The van der Waals surface area contributed by atoms with Crippen molar-refractivity contribution in [3.8, 4) is 5.75 Å². The van der Waals surface area contributed by atoms with Crippen molar-refractivity contribution in [2.75, 3.05) is 12.4 Å². The second-order valence-corrected chi connectivity index (χ2v) is 9.34. The van der Waals surface area contributed by atoms with Crippen LogP contribution in [0.3, 0.4) is 0 Å². The average molecular weight is 467 g/mol. The number of anilines is 1. The van der Waals surface area contributed by atoms with Gasteiger partial charge in [-0.2, -0.15) is 13.2 Å². The maximum absolute atomic E-state index is 13.3. The van der Waals surface area contributed by atoms with E-state index in [1.54, 1.807) is 26.8 Å². The summed E-state index contributed by atoms with van der Waals surface area (Å²) in [6, 6.07) is 7.00. The van der Waals surface area contributed by atoms with Gasteiger partial charge in [-0.1, -0.05) is 39.0 Å². The molecule has 0 fully saturated rings. The predicted octanol–water partition coefficient (Wildman–Crippen LogP) is 4.68. The first-order valence-corrected chi connectivity index (χ1v) is 10.5. The Morgan fingerprint density at radius 2 is 1.88 bits per heavy atom. The molecule has 2 aromatic rings. The van der Waals surface area contributed by atoms with Gasteiger partial charge in [-0.3, -0.25) is 0 Å². The summed E-state index contributed by atoms with van der Waals surface area (Å²) in [5.41, 5.74) is 2.10. The molecule has 2 amide bonds. The van der Waals surface area contributed by atoms with Crippen LogP contribution in [0.1, 0.15) is 60.8 Å². The number of aliphatic hydroxyl groups is 2. The highest BCUT2D eigenvalue weighted by molar-refractivity contribution is 5.92. The molecule has 0 radical (unpaired) electrons. The lowest BCUT2D eigenvalue weighted by atomic mass is 9.84. The Labute approximate surface area is 190 Å². The first-order valence-electron chi connectivity index (χ1n) is 10.5. The number of urea groups is 1. The Bertz CT molecular complexity index is 1050. The van der Waals surface area contributed by atoms with E-state index in [1.165, 1.54) is 19.2 Å². The van der Waals surface area contributed by atoms with E-state index < -0.39 is 41.4 Å². The summed E-state index contributed by atoms with van der Waals surface area (Å²) < 4.78 is 45.1. The summed E-state index contributed by atoms with van der Waals surface area (Å²) in [5.74, 6) is -0.283. The van der Waals surface area contributed by atoms with Gasteiger partial charge in [0.2, 0.25) is 0 Å². The summed E-state index contributed by atoms with van der Waals surface area (Å²) in [5, 5.41) is 25.8. The quantitative estimate of drug-likeness (QED) is 0.527. The third-order valence-corrected chi connectivity index (χ3v) is 5.93. The van der Waals surface area contributed by atoms with E-state index in [9.17, 15) is 28.2 Å². The third-order valence-electron chi connectivity index (χ3n) is 5.93. The van der Waals surface area contributed by atoms with E-state index in [-0.39, 0.29) is 11.4 Å². The molecule has 0 saturated carbocycles. The Morgan fingerprint density at radius 1 is 1.21 bits per heavy atom. The van der Waals surface area contributed by atoms with Crippen LogP contribution in [-0.2, 0) is 11.8 Å². The van der Waals surface area contributed by atoms with Gasteiger partial charge in [-0.25, -0.2) is 4.79 Å². The fourth-order valence-corrected chi connectivity index (χ4v) is 4.07. The number of hydrogen-bond donors (Lipinski definition) is 4. The van der Waals surface area contributed by atoms with Crippen LogP contribution in [0.25, 0.3) is 0 Å². The summed E-state index contributed by atoms with van der Waals surface area (Å²) in [4.78, 5) is 12.8. The summed E-state index contributed by atoms with van der Waals surface area (Å²) >= 11 is 0. The van der Waals surface area contributed by atoms with Crippen molar-refractivity contribution >= 4 is 11.7 Å². The number of carbonyl (C=O) groups is 1. The molecule has 1 aliphatic carbocycles. The Balaban J connectivity index is 1.91. The number of nitrogens with one attached hydrogen (secondary N) is 2. The van der Waals surface area contributed by atoms with Gasteiger partial charge < -0.3 is 25.6 Å². The highest BCUT2D eigenvalue weighted by atomic mass is 19.4. The zero-order chi connectivity index (χ0) is 24.7. The van der Waals surface area contributed by atoms with Crippen LogP contribution in [0.5, 0.6) is 5.75 Å². The Morgan fingerprint density at radius 3 is 2.42 bits per heavy atom. The van der Waals surface area contributed by atoms with Crippen molar-refractivity contribution in [2.24, 2.45) is 0 Å². The normalized spacial score (nSPS) is 19.1. The third kappa shape index (κ3) is 5.09. The smallest absolute Gasteiger partial charge is 0.418 e. The maximum atomic E-state index is 13.3. The van der Waals surface area contributed by atoms with Gasteiger partial charge in [0.05, 0.1) is 24.9 Å². The first-order chi connectivity index (χ1) is 15.2. The van der Waals surface area contributed by atoms with E-state index in [1.807, 2.05) is 19.1 Å². The number of rotatable bonds is 4. The Hall–Kier alpha value is -2.78. The molecule has 0 saturated heterocycles. The van der Waals surface area contributed by atoms with E-state index in [0.717, 1.165) is 16.7 Å². The number of hydrogen-bond acceptors (Lipinski definition) is 4. The molecule has 2 aromatic carbocycles. The molecule has 3 atom stereocenters. The maximum Gasteiger partial charge on any atom is 0.418 e. The molecule has 33 heavy (non-hydrogen) atoms. The van der Waals surface area contributed by atoms with E-state index in [0.29, 0.717) is 12.0 Å². The summed E-state index contributed by atoms with van der Waals surface area (Å²) in [7, 11) is 1.17. The topological polar surface area (TPSA) is 90.8 Å². The second-order valence-electron chi connectivity index (χ2n) is 9.34. The van der Waals surface area contributed by atoms with Crippen LogP contribution in [0.15, 0.2) is 30.3 Å². The van der Waals surface area contributed by atoms with E-state index in [4.69, 9.17) is 4.74 Å². The first kappa shape index (κ1) is 24.9. The lowest BCUT2D eigenvalue weighted by Gasteiger charge is -2.26. The zero-order valence-electron chi connectivity index (χ0n) is 19.2. The molecule has 3 rings (SSSR count). The van der Waals surface area contributed by atoms with Gasteiger partial charge >= 0.3 is 12.2 Å². The van der Waals surface area contributed by atoms with Gasteiger partial charge in [-0.15, -0.1) is 0 Å². The van der Waals surface area contributed by atoms with Crippen molar-refractivity contribution in [1.82, 2.24) is 5.32 Å². The fourth-order valence-electron chi connectivity index (χ4n) is 4.07. The minimum absolute atomic E-state index is 0.0121. The lowest BCUT2D eigenvalue weighted by molar-refractivity contribution is -0.207. The van der Waals surface area contributed by atoms with Crippen LogP contribution in [0.2, 0.25) is 0 Å². The number of aliphatic hydroxyl groups excluding tert-OH is 2. The zero-order valence-corrected chi connectivity index (χ0v) is 19.2. The number of fused-ring (bicyclic) bond motifs is 1. The standard InChI is InChI=1S/C24H29F3N2O4/c1-12-7-6-8-14-15(12)11-17(19(14)30)28-22(32)29-18-10-13(23(2,3)4)9-16(20(18)33-5)21(31)24(25,26)27/h6-10,17,19,21,30-31H,11H2,1-5H3,(H2,28,29,32)/t17-,19+,21-/m1/s1. The predicted molar refractivity (Wildman–Crippen MR) is 118 cm³/mol. The number of halogens is 3. The molecular weight excluding hydrogens is 437 g/mol. The van der Waals surface area contributed by atoms with Gasteiger partial charge in [0, 0.05) is 5.56 Å². The lowest BCUT2D eigenvalue weighted by Crippen LogP contribution is -2.40. The van der Waals surface area contributed by atoms with E-state index >= 15 is 0 Å². The average Bonchev–Trinajstić information content (AvgIpc) is 3.02. The van der Waals surface area contributed by atoms with Gasteiger partial charge in [0.25, 0.3) is 0 Å². The minimum atomic E-state index is -4.92. The van der Waals surface area contributed by atoms with Crippen LogP contribution >= 0.6 is 0 Å². The highest BCUT2D eigenvalue weighted by Gasteiger charge is 2.42. The fraction of sp³-hybridized carbons (Fsp3) is 0.458. The molecule has 6 nitrogen and oxygen atoms in total. The molecule has 4 N–H and O–H groups in total. The van der Waals surface area contributed by atoms with E-state index in [2.05, 4.69) is 10.6 Å². The highest BCUT2D eigenvalue weighted by Crippen LogP contribution is 2.43. The molecule has 180 valence electrons. The molecule has 0 bridgehead atoms. The summed E-state index contributed by atoms with van der Waals surface area (Å²) in [6.07, 6.45) is -8.18. The Kier molecular flexibility index (Phi) is 6.68. The van der Waals surface area contributed by atoms with Gasteiger partial charge in [0.1, 0.15) is 5.75 Å². The number of amides is 2. The van der Waals surface area contributed by atoms with Crippen LogP contribution in [0, 0.1) is 6.92 Å². The van der Waals surface area contributed by atoms with Crippen LogP contribution in [-0.4, -0.2) is 35.6 Å². The molecule has 0 aliphatic heterocycles. The van der Waals surface area contributed by atoms with Gasteiger partial charge in [0.15, 0.2) is 6.10 Å². The molecule has 0 unspecified atom stereocenters. The minimum Gasteiger partial charge on any atom is -0.494 e. The number of benzene rings is 2. The number of carbonyl (C=O) groups excluding carboxylic acids is 1. The van der Waals surface area contributed by atoms with Gasteiger partial charge in [-0.05, 0) is 53.1 Å². The summed E-state index contributed by atoms with van der Waals surface area (Å²) in [6.45, 7) is 7.33. The van der Waals surface area contributed by atoms with Crippen LogP contribution < -0.4 is 15.4 Å². The monoisotopic (exact) mass is 466 g/mol. The van der Waals surface area contributed by atoms with Crippen molar-refractivity contribution in [3.63, 3.8) is 0 Å². The number of alkyl halides is 3. The second kappa shape index (κ2) is 8.87. The molecule has 9 heteroatoms. The number of ether oxygens (including phenoxy) is 1. The van der Waals surface area contributed by atoms with Crippen molar-refractivity contribution < 1.29 is 32.9 Å². The molecule has 0 aromatic heterocycles. The van der Waals surface area contributed by atoms with Crippen molar-refractivity contribution in [3.05, 3.63) is 58.1 Å². The van der Waals surface area contributed by atoms with Crippen LogP contribution in [0.4, 0.5) is 23.7 Å². The van der Waals surface area contributed by atoms with Crippen molar-refractivity contribution in [2.45, 2.75) is 64.0 Å². The molecule has 0 spiro atoms.